The number of hydrogen-bond donors (Lipinski definition) is 2. The van der Waals surface area contributed by atoms with Crippen LogP contribution in [0.2, 0.25) is 0 Å². The molecule has 0 spiro atoms. The van der Waals surface area contributed by atoms with Gasteiger partial charge in [-0.15, -0.1) is 0 Å². The van der Waals surface area contributed by atoms with Crippen LogP contribution >= 0.6 is 12.2 Å². The highest BCUT2D eigenvalue weighted by Gasteiger charge is 2.17. The first-order valence-corrected chi connectivity index (χ1v) is 6.26. The van der Waals surface area contributed by atoms with Crippen LogP contribution in [0.1, 0.15) is 10.5 Å². The Morgan fingerprint density at radius 2 is 2.00 bits per heavy atom. The third kappa shape index (κ3) is 3.33. The van der Waals surface area contributed by atoms with Crippen molar-refractivity contribution < 1.29 is 9.53 Å². The normalized spacial score (nSPS) is 9.90. The third-order valence-electron chi connectivity index (χ3n) is 2.49. The van der Waals surface area contributed by atoms with Gasteiger partial charge in [0.15, 0.2) is 10.8 Å². The van der Waals surface area contributed by atoms with Crippen molar-refractivity contribution in [3.05, 3.63) is 42.2 Å². The number of esters is 1. The highest BCUT2D eigenvalue weighted by atomic mass is 32.1. The fourth-order valence-electron chi connectivity index (χ4n) is 1.63. The second kappa shape index (κ2) is 6.16. The number of carbonyl (C=O) groups excluding carboxylic acids is 1. The van der Waals surface area contributed by atoms with Crippen molar-refractivity contribution in [2.24, 2.45) is 7.05 Å². The van der Waals surface area contributed by atoms with E-state index in [9.17, 15) is 4.79 Å². The summed E-state index contributed by atoms with van der Waals surface area (Å²) >= 11 is 5.20. The van der Waals surface area contributed by atoms with E-state index >= 15 is 0 Å². The number of ether oxygens (including phenoxy) is 1. The molecule has 0 aliphatic carbocycles. The molecule has 2 rings (SSSR count). The van der Waals surface area contributed by atoms with Gasteiger partial charge in [0.25, 0.3) is 0 Å². The van der Waals surface area contributed by atoms with E-state index < -0.39 is 5.97 Å². The topological polar surface area (TPSA) is 68.2 Å². The van der Waals surface area contributed by atoms with Gasteiger partial charge in [0.05, 0.1) is 12.8 Å². The second-order valence-electron chi connectivity index (χ2n) is 4.00. The molecule has 2 N–H and O–H groups in total. The Bertz CT molecular complexity index is 625. The summed E-state index contributed by atoms with van der Waals surface area (Å²) in [5.41, 5.74) is 1.54. The van der Waals surface area contributed by atoms with Crippen LogP contribution in [0.4, 0.5) is 11.4 Å². The van der Waals surface area contributed by atoms with Crippen LogP contribution in [-0.2, 0) is 11.8 Å². The summed E-state index contributed by atoms with van der Waals surface area (Å²) in [4.78, 5) is 11.6. The molecule has 1 heterocycles. The summed E-state index contributed by atoms with van der Waals surface area (Å²) in [5, 5.41) is 10.3. The maximum Gasteiger partial charge on any atom is 0.360 e. The van der Waals surface area contributed by atoms with Crippen molar-refractivity contribution in [2.45, 2.75) is 0 Å². The highest BCUT2D eigenvalue weighted by molar-refractivity contribution is 7.80. The van der Waals surface area contributed by atoms with Gasteiger partial charge in [-0.3, -0.25) is 4.68 Å². The summed E-state index contributed by atoms with van der Waals surface area (Å²) < 4.78 is 6.19. The summed E-state index contributed by atoms with van der Waals surface area (Å²) in [7, 11) is 3.02. The maximum absolute atomic E-state index is 11.6. The van der Waals surface area contributed by atoms with E-state index in [0.717, 1.165) is 5.69 Å². The van der Waals surface area contributed by atoms with Crippen LogP contribution in [0.15, 0.2) is 36.5 Å². The van der Waals surface area contributed by atoms with E-state index in [-0.39, 0.29) is 5.69 Å². The smallest absolute Gasteiger partial charge is 0.360 e. The largest absolute Gasteiger partial charge is 0.464 e. The van der Waals surface area contributed by atoms with Crippen molar-refractivity contribution in [1.29, 1.82) is 0 Å². The number of anilines is 2. The van der Waals surface area contributed by atoms with Crippen molar-refractivity contribution in [1.82, 2.24) is 9.78 Å². The van der Waals surface area contributed by atoms with Crippen LogP contribution in [0.5, 0.6) is 0 Å². The average Bonchev–Trinajstić information content (AvgIpc) is 2.79. The molecule has 1 aromatic heterocycles. The van der Waals surface area contributed by atoms with Gasteiger partial charge in [0.2, 0.25) is 0 Å². The number of nitrogens with one attached hydrogen (secondary N) is 2. The van der Waals surface area contributed by atoms with Gasteiger partial charge < -0.3 is 15.4 Å². The summed E-state index contributed by atoms with van der Waals surface area (Å²) in [6, 6.07) is 9.48. The van der Waals surface area contributed by atoms with E-state index in [2.05, 4.69) is 20.5 Å². The minimum absolute atomic E-state index is 0.187. The number of benzene rings is 1. The van der Waals surface area contributed by atoms with Gasteiger partial charge in [-0.1, -0.05) is 18.2 Å². The Morgan fingerprint density at radius 3 is 2.65 bits per heavy atom. The number of methoxy groups -OCH3 is 1. The molecule has 0 unspecified atom stereocenters. The molecule has 104 valence electrons. The summed E-state index contributed by atoms with van der Waals surface area (Å²) in [6.07, 6.45) is 1.66. The molecule has 0 aliphatic rings. The second-order valence-corrected chi connectivity index (χ2v) is 4.41. The van der Waals surface area contributed by atoms with E-state index in [1.165, 1.54) is 11.8 Å². The van der Waals surface area contributed by atoms with Crippen molar-refractivity contribution in [3.63, 3.8) is 0 Å². The van der Waals surface area contributed by atoms with Crippen LogP contribution in [0, 0.1) is 0 Å². The average molecular weight is 290 g/mol. The molecule has 20 heavy (non-hydrogen) atoms. The Balaban J connectivity index is 2.10. The number of rotatable bonds is 3. The van der Waals surface area contributed by atoms with Gasteiger partial charge in [0, 0.05) is 18.9 Å². The van der Waals surface area contributed by atoms with Crippen LogP contribution in [0.25, 0.3) is 0 Å². The van der Waals surface area contributed by atoms with Gasteiger partial charge in [0.1, 0.15) is 0 Å². The van der Waals surface area contributed by atoms with Gasteiger partial charge in [-0.2, -0.15) is 5.10 Å². The maximum atomic E-state index is 11.6. The Morgan fingerprint density at radius 1 is 1.30 bits per heavy atom. The Labute approximate surface area is 121 Å². The van der Waals surface area contributed by atoms with E-state index in [1.54, 1.807) is 13.2 Å². The zero-order valence-electron chi connectivity index (χ0n) is 11.1. The fraction of sp³-hybridized carbons (Fsp3) is 0.154. The molecule has 1 aromatic carbocycles. The third-order valence-corrected chi connectivity index (χ3v) is 2.69. The van der Waals surface area contributed by atoms with Gasteiger partial charge in [-0.05, 0) is 24.4 Å². The molecule has 0 atom stereocenters. The molecule has 0 radical (unpaired) electrons. The molecule has 0 saturated carbocycles. The zero-order chi connectivity index (χ0) is 14.5. The van der Waals surface area contributed by atoms with Crippen LogP contribution in [0.3, 0.4) is 0 Å². The number of aromatic nitrogens is 2. The SMILES string of the molecule is COC(=O)c1nn(C)cc1NC(=S)Nc1ccccc1. The molecule has 0 saturated heterocycles. The van der Waals surface area contributed by atoms with Crippen LogP contribution in [-0.4, -0.2) is 28.0 Å². The molecule has 6 nitrogen and oxygen atoms in total. The minimum Gasteiger partial charge on any atom is -0.464 e. The first-order valence-electron chi connectivity index (χ1n) is 5.85. The molecule has 0 fully saturated rings. The lowest BCUT2D eigenvalue weighted by Gasteiger charge is -2.09. The van der Waals surface area contributed by atoms with E-state index in [4.69, 9.17) is 12.2 Å². The van der Waals surface area contributed by atoms with Gasteiger partial charge in [-0.25, -0.2) is 4.79 Å². The van der Waals surface area contributed by atoms with Crippen molar-refractivity contribution in [2.75, 3.05) is 17.7 Å². The number of carbonyl (C=O) groups is 1. The Hall–Kier alpha value is -2.41. The highest BCUT2D eigenvalue weighted by Crippen LogP contribution is 2.15. The van der Waals surface area contributed by atoms with E-state index in [0.29, 0.717) is 10.8 Å². The number of nitrogens with zero attached hydrogens (tertiary/aromatic N) is 2. The molecule has 7 heteroatoms. The lowest BCUT2D eigenvalue weighted by Crippen LogP contribution is -2.20. The first kappa shape index (κ1) is 14.0. The lowest BCUT2D eigenvalue weighted by atomic mass is 10.3. The molecule has 0 amide bonds. The lowest BCUT2D eigenvalue weighted by molar-refractivity contribution is 0.0594. The van der Waals surface area contributed by atoms with Gasteiger partial charge >= 0.3 is 5.97 Å². The summed E-state index contributed by atoms with van der Waals surface area (Å²) in [6.45, 7) is 0. The predicted molar refractivity (Wildman–Crippen MR) is 80.8 cm³/mol. The predicted octanol–water partition coefficient (Wildman–Crippen LogP) is 2.02. The standard InChI is InChI=1S/C13H14N4O2S/c1-17-8-10(11(16-17)12(18)19-2)15-13(20)14-9-6-4-3-5-7-9/h3-8H,1-2H3,(H2,14,15,20). The molecule has 0 aliphatic heterocycles. The number of aryl methyl sites for hydroxylation is 1. The molecule has 0 bridgehead atoms. The molecule has 2 aromatic rings. The first-order chi connectivity index (χ1) is 9.60. The Kier molecular flexibility index (Phi) is 4.31. The molecular weight excluding hydrogens is 276 g/mol. The number of para-hydroxylation sites is 1. The quantitative estimate of drug-likeness (QED) is 0.666. The zero-order valence-corrected chi connectivity index (χ0v) is 11.9. The number of hydrogen-bond acceptors (Lipinski definition) is 4. The number of thiocarbonyl (C=S) groups is 1. The molecular formula is C13H14N4O2S. The monoisotopic (exact) mass is 290 g/mol. The van der Waals surface area contributed by atoms with E-state index in [1.807, 2.05) is 30.3 Å². The summed E-state index contributed by atoms with van der Waals surface area (Å²) in [5.74, 6) is -0.518. The van der Waals surface area contributed by atoms with Crippen molar-refractivity contribution >= 4 is 34.7 Å². The van der Waals surface area contributed by atoms with Crippen molar-refractivity contribution in [3.8, 4) is 0 Å². The van der Waals surface area contributed by atoms with Crippen LogP contribution < -0.4 is 10.6 Å². The fourth-order valence-corrected chi connectivity index (χ4v) is 1.86. The minimum atomic E-state index is -0.518.